The molecular weight excluding hydrogens is 404 g/mol. The Hall–Kier alpha value is -2.55. The number of methoxy groups -OCH3 is 2. The van der Waals surface area contributed by atoms with E-state index in [1.165, 1.54) is 19.1 Å². The molecule has 2 aliphatic rings. The molecule has 31 heavy (non-hydrogen) atoms. The van der Waals surface area contributed by atoms with E-state index in [0.717, 1.165) is 0 Å². The average molecular weight is 439 g/mol. The first-order valence-electron chi connectivity index (χ1n) is 10.2. The van der Waals surface area contributed by atoms with Gasteiger partial charge in [-0.15, -0.1) is 0 Å². The van der Waals surface area contributed by atoms with E-state index in [2.05, 4.69) is 5.32 Å². The molecule has 2 aliphatic heterocycles. The maximum atomic E-state index is 13.0. The largest absolute Gasteiger partial charge is 0.466 e. The number of nitrogens with zero attached hydrogens (tertiary/aromatic N) is 1. The molecule has 1 fully saturated rings. The van der Waals surface area contributed by atoms with Gasteiger partial charge in [-0.05, 0) is 54.9 Å². The zero-order valence-corrected chi connectivity index (χ0v) is 19.9. The highest BCUT2D eigenvalue weighted by Gasteiger charge is 2.48. The maximum Gasteiger partial charge on any atom is 0.412 e. The quantitative estimate of drug-likeness (QED) is 0.528. The molecule has 0 saturated carbocycles. The minimum atomic E-state index is -0.908. The van der Waals surface area contributed by atoms with Gasteiger partial charge in [0.15, 0.2) is 0 Å². The molecular formula is C22H34N2O7. The van der Waals surface area contributed by atoms with Gasteiger partial charge in [-0.2, -0.15) is 0 Å². The van der Waals surface area contributed by atoms with Crippen molar-refractivity contribution in [1.29, 1.82) is 0 Å². The fourth-order valence-electron chi connectivity index (χ4n) is 4.14. The van der Waals surface area contributed by atoms with E-state index in [0.29, 0.717) is 22.5 Å². The van der Waals surface area contributed by atoms with Crippen molar-refractivity contribution in [3.63, 3.8) is 0 Å². The summed E-state index contributed by atoms with van der Waals surface area (Å²) in [5.74, 6) is -1.75. The molecule has 1 saturated heterocycles. The van der Waals surface area contributed by atoms with Crippen molar-refractivity contribution >= 4 is 18.0 Å². The predicted molar refractivity (Wildman–Crippen MR) is 113 cm³/mol. The minimum Gasteiger partial charge on any atom is -0.466 e. The van der Waals surface area contributed by atoms with Crippen LogP contribution < -0.4 is 5.32 Å². The number of rotatable bonds is 4. The highest BCUT2D eigenvalue weighted by Crippen LogP contribution is 2.39. The van der Waals surface area contributed by atoms with Gasteiger partial charge in [-0.1, -0.05) is 0 Å². The highest BCUT2D eigenvalue weighted by atomic mass is 16.6. The maximum absolute atomic E-state index is 13.0. The van der Waals surface area contributed by atoms with Gasteiger partial charge < -0.3 is 24.3 Å². The number of amides is 1. The number of dihydropyridines is 1. The smallest absolute Gasteiger partial charge is 0.412 e. The summed E-state index contributed by atoms with van der Waals surface area (Å²) in [4.78, 5) is 39.8. The fraction of sp³-hybridized carbons (Fsp3) is 0.682. The SMILES string of the molecule is COC(=O)C1=C(C)NC(C)=C(C(=O)OC)C1C[C@H]1COC(C)(C)N1C(=O)OC(C)(C)C. The van der Waals surface area contributed by atoms with Gasteiger partial charge in [0.2, 0.25) is 0 Å². The lowest BCUT2D eigenvalue weighted by atomic mass is 9.81. The van der Waals surface area contributed by atoms with Crippen LogP contribution >= 0.6 is 0 Å². The number of carbonyl (C=O) groups is 3. The molecule has 2 rings (SSSR count). The Kier molecular flexibility index (Phi) is 7.10. The van der Waals surface area contributed by atoms with Crippen molar-refractivity contribution in [2.24, 2.45) is 5.92 Å². The number of allylic oxidation sites excluding steroid dienone is 2. The van der Waals surface area contributed by atoms with Crippen LogP contribution in [0.3, 0.4) is 0 Å². The summed E-state index contributed by atoms with van der Waals surface area (Å²) in [5.41, 5.74) is 0.225. The lowest BCUT2D eigenvalue weighted by Crippen LogP contribution is -2.50. The predicted octanol–water partition coefficient (Wildman–Crippen LogP) is 2.86. The van der Waals surface area contributed by atoms with Gasteiger partial charge in [0.05, 0.1) is 38.0 Å². The third-order valence-corrected chi connectivity index (χ3v) is 5.36. The third kappa shape index (κ3) is 5.20. The number of carbonyl (C=O) groups excluding carboxylic acids is 3. The third-order valence-electron chi connectivity index (χ3n) is 5.36. The van der Waals surface area contributed by atoms with E-state index < -0.39 is 41.3 Å². The molecule has 174 valence electrons. The topological polar surface area (TPSA) is 103 Å². The molecule has 1 amide bonds. The highest BCUT2D eigenvalue weighted by molar-refractivity contribution is 5.97. The van der Waals surface area contributed by atoms with Gasteiger partial charge in [0.25, 0.3) is 0 Å². The Labute approximate surface area is 183 Å². The molecule has 1 N–H and O–H groups in total. The average Bonchev–Trinajstić information content (AvgIpc) is 2.93. The van der Waals surface area contributed by atoms with Crippen LogP contribution in [0.2, 0.25) is 0 Å². The van der Waals surface area contributed by atoms with Crippen molar-refractivity contribution < 1.29 is 33.3 Å². The van der Waals surface area contributed by atoms with Gasteiger partial charge in [0, 0.05) is 17.3 Å². The number of ether oxygens (including phenoxy) is 4. The van der Waals surface area contributed by atoms with E-state index in [-0.39, 0.29) is 13.0 Å². The number of esters is 2. The molecule has 0 aliphatic carbocycles. The van der Waals surface area contributed by atoms with Crippen molar-refractivity contribution in [3.8, 4) is 0 Å². The Bertz CT molecular complexity index is 782. The number of nitrogens with one attached hydrogen (secondary N) is 1. The minimum absolute atomic E-state index is 0.233. The van der Waals surface area contributed by atoms with Crippen LogP contribution in [0.4, 0.5) is 4.79 Å². The summed E-state index contributed by atoms with van der Waals surface area (Å²) in [6, 6.07) is -0.437. The van der Waals surface area contributed by atoms with E-state index in [1.54, 1.807) is 48.5 Å². The summed E-state index contributed by atoms with van der Waals surface area (Å²) in [5, 5.41) is 3.07. The zero-order valence-electron chi connectivity index (χ0n) is 19.9. The van der Waals surface area contributed by atoms with Crippen LogP contribution in [0, 0.1) is 5.92 Å². The monoisotopic (exact) mass is 438 g/mol. The van der Waals surface area contributed by atoms with Crippen molar-refractivity contribution in [3.05, 3.63) is 22.5 Å². The second-order valence-electron chi connectivity index (χ2n) is 9.24. The normalized spacial score (nSPS) is 21.7. The molecule has 0 spiro atoms. The second kappa shape index (κ2) is 8.90. The van der Waals surface area contributed by atoms with E-state index >= 15 is 0 Å². The Balaban J connectivity index is 2.48. The zero-order chi connectivity index (χ0) is 23.7. The van der Waals surface area contributed by atoms with Crippen LogP contribution in [-0.4, -0.2) is 61.1 Å². The molecule has 2 heterocycles. The summed E-state index contributed by atoms with van der Waals surface area (Å²) < 4.78 is 21.5. The van der Waals surface area contributed by atoms with Crippen molar-refractivity contribution in [2.75, 3.05) is 20.8 Å². The Morgan fingerprint density at radius 3 is 1.97 bits per heavy atom. The van der Waals surface area contributed by atoms with E-state index in [4.69, 9.17) is 18.9 Å². The van der Waals surface area contributed by atoms with Crippen molar-refractivity contribution in [2.45, 2.75) is 72.3 Å². The Morgan fingerprint density at radius 1 is 1.06 bits per heavy atom. The van der Waals surface area contributed by atoms with E-state index in [1.807, 2.05) is 0 Å². The van der Waals surface area contributed by atoms with Crippen LogP contribution in [-0.2, 0) is 28.5 Å². The summed E-state index contributed by atoms with van der Waals surface area (Å²) in [6.07, 6.45) is -0.261. The van der Waals surface area contributed by atoms with Crippen LogP contribution in [0.25, 0.3) is 0 Å². The molecule has 1 atom stereocenters. The summed E-state index contributed by atoms with van der Waals surface area (Å²) in [6.45, 7) is 12.7. The molecule has 0 unspecified atom stereocenters. The first-order chi connectivity index (χ1) is 14.2. The van der Waals surface area contributed by atoms with Gasteiger partial charge in [0.1, 0.15) is 11.3 Å². The molecule has 0 aromatic heterocycles. The van der Waals surface area contributed by atoms with Crippen LogP contribution in [0.15, 0.2) is 22.5 Å². The molecule has 0 aromatic rings. The van der Waals surface area contributed by atoms with Gasteiger partial charge in [-0.3, -0.25) is 4.90 Å². The first-order valence-corrected chi connectivity index (χ1v) is 10.2. The molecule has 9 nitrogen and oxygen atoms in total. The Morgan fingerprint density at radius 2 is 1.55 bits per heavy atom. The second-order valence-corrected chi connectivity index (χ2v) is 9.24. The summed E-state index contributed by atoms with van der Waals surface area (Å²) >= 11 is 0. The van der Waals surface area contributed by atoms with Gasteiger partial charge >= 0.3 is 18.0 Å². The lowest BCUT2D eigenvalue weighted by Gasteiger charge is -2.37. The lowest BCUT2D eigenvalue weighted by molar-refractivity contribution is -0.137. The van der Waals surface area contributed by atoms with E-state index in [9.17, 15) is 14.4 Å². The van der Waals surface area contributed by atoms with Gasteiger partial charge in [-0.25, -0.2) is 14.4 Å². The fourth-order valence-corrected chi connectivity index (χ4v) is 4.14. The summed E-state index contributed by atoms with van der Waals surface area (Å²) in [7, 11) is 2.58. The van der Waals surface area contributed by atoms with Crippen molar-refractivity contribution in [1.82, 2.24) is 10.2 Å². The molecule has 0 radical (unpaired) electrons. The van der Waals surface area contributed by atoms with Crippen LogP contribution in [0.1, 0.15) is 54.9 Å². The standard InChI is InChI=1S/C22H34N2O7/c1-12-16(18(25)28-8)15(17(13(2)23-12)19(26)29-9)10-14-11-30-22(6,7)24(14)20(27)31-21(3,4)5/h14-15,23H,10-11H2,1-9H3/t14-/m0/s1. The number of hydrogen-bond acceptors (Lipinski definition) is 8. The molecule has 9 heteroatoms. The molecule has 0 bridgehead atoms. The number of hydrogen-bond donors (Lipinski definition) is 1. The van der Waals surface area contributed by atoms with Crippen LogP contribution in [0.5, 0.6) is 0 Å². The molecule has 0 aromatic carbocycles. The first kappa shape index (κ1) is 24.7.